The summed E-state index contributed by atoms with van der Waals surface area (Å²) in [6, 6.07) is 13.4. The third kappa shape index (κ3) is 3.55. The van der Waals surface area contributed by atoms with Crippen LogP contribution < -0.4 is 9.64 Å². The molecule has 1 amide bonds. The molecule has 0 N–H and O–H groups in total. The van der Waals surface area contributed by atoms with E-state index in [4.69, 9.17) is 20.9 Å². The van der Waals surface area contributed by atoms with Crippen LogP contribution in [0.15, 0.2) is 57.6 Å². The number of carbonyl (C=O) groups is 1. The van der Waals surface area contributed by atoms with E-state index in [0.717, 1.165) is 11.1 Å². The Labute approximate surface area is 184 Å². The molecular weight excluding hydrogens is 414 g/mol. The normalized spacial score (nSPS) is 15.3. The van der Waals surface area contributed by atoms with Gasteiger partial charge in [0, 0.05) is 10.6 Å². The molecule has 2 aliphatic heterocycles. The Kier molecular flexibility index (Phi) is 4.71. The molecule has 0 spiro atoms. The quantitative estimate of drug-likeness (QED) is 0.564. The first-order valence-electron chi connectivity index (χ1n) is 9.76. The molecule has 154 valence electrons. The third-order valence-electron chi connectivity index (χ3n) is 5.17. The molecule has 0 bridgehead atoms. The van der Waals surface area contributed by atoms with E-state index < -0.39 is 0 Å². The summed E-state index contributed by atoms with van der Waals surface area (Å²) >= 11 is 6.09. The second-order valence-corrected chi connectivity index (χ2v) is 7.84. The standard InChI is InChI=1S/C24H18ClN3O3/c1-14-3-5-16(6-4-14)7-9-21-22(15(2)27-31-21)28-13-26-23-19(24(28)29)12-17-11-18(25)8-10-20(17)30-23/h3-12H,13H2,1-2H3/b9-7+. The van der Waals surface area contributed by atoms with E-state index in [1.54, 1.807) is 36.1 Å². The van der Waals surface area contributed by atoms with Crippen LogP contribution in [0.25, 0.3) is 18.2 Å². The number of anilines is 1. The first-order chi connectivity index (χ1) is 15.0. The molecule has 6 nitrogen and oxygen atoms in total. The largest absolute Gasteiger partial charge is 0.438 e. The van der Waals surface area contributed by atoms with Crippen LogP contribution >= 0.6 is 11.6 Å². The Bertz CT molecular complexity index is 1290. The number of aryl methyl sites for hydroxylation is 2. The second kappa shape index (κ2) is 7.56. The van der Waals surface area contributed by atoms with Gasteiger partial charge in [0.15, 0.2) is 5.76 Å². The number of ether oxygens (including phenoxy) is 1. The summed E-state index contributed by atoms with van der Waals surface area (Å²) in [6.07, 6.45) is 5.49. The van der Waals surface area contributed by atoms with E-state index in [0.29, 0.717) is 39.4 Å². The summed E-state index contributed by atoms with van der Waals surface area (Å²) in [5.41, 5.74) is 4.51. The van der Waals surface area contributed by atoms with Gasteiger partial charge < -0.3 is 9.26 Å². The highest BCUT2D eigenvalue weighted by atomic mass is 35.5. The van der Waals surface area contributed by atoms with Gasteiger partial charge >= 0.3 is 0 Å². The van der Waals surface area contributed by atoms with Crippen molar-refractivity contribution in [1.82, 2.24) is 5.16 Å². The topological polar surface area (TPSA) is 67.9 Å². The Morgan fingerprint density at radius 2 is 1.90 bits per heavy atom. The van der Waals surface area contributed by atoms with Crippen molar-refractivity contribution in [2.45, 2.75) is 13.8 Å². The summed E-state index contributed by atoms with van der Waals surface area (Å²) in [4.78, 5) is 19.4. The maximum atomic E-state index is 13.3. The lowest BCUT2D eigenvalue weighted by Gasteiger charge is -2.29. The van der Waals surface area contributed by atoms with Gasteiger partial charge in [-0.25, -0.2) is 4.99 Å². The molecule has 0 fully saturated rings. The van der Waals surface area contributed by atoms with Crippen molar-refractivity contribution in [3.05, 3.63) is 81.2 Å². The molecule has 7 heteroatoms. The minimum Gasteiger partial charge on any atom is -0.438 e. The number of aliphatic imine (C=N–C) groups is 1. The van der Waals surface area contributed by atoms with Crippen LogP contribution in [0.3, 0.4) is 0 Å². The summed E-state index contributed by atoms with van der Waals surface area (Å²) in [7, 11) is 0. The molecule has 0 unspecified atom stereocenters. The number of fused-ring (bicyclic) bond motifs is 2. The molecule has 3 heterocycles. The van der Waals surface area contributed by atoms with Crippen LogP contribution in [0.2, 0.25) is 5.02 Å². The van der Waals surface area contributed by atoms with Crippen LogP contribution in [0.4, 0.5) is 5.69 Å². The Hall–Kier alpha value is -3.64. The minimum atomic E-state index is -0.230. The van der Waals surface area contributed by atoms with Crippen LogP contribution in [-0.2, 0) is 4.79 Å². The Morgan fingerprint density at radius 1 is 1.10 bits per heavy atom. The molecule has 0 saturated heterocycles. The fraction of sp³-hybridized carbons (Fsp3) is 0.125. The number of benzene rings is 2. The van der Waals surface area contributed by atoms with Crippen molar-refractivity contribution < 1.29 is 14.1 Å². The van der Waals surface area contributed by atoms with E-state index >= 15 is 0 Å². The summed E-state index contributed by atoms with van der Waals surface area (Å²) in [5, 5.41) is 4.64. The molecule has 0 aliphatic carbocycles. The predicted molar refractivity (Wildman–Crippen MR) is 121 cm³/mol. The number of amides is 1. The molecule has 2 aliphatic rings. The molecule has 0 radical (unpaired) electrons. The third-order valence-corrected chi connectivity index (χ3v) is 5.41. The minimum absolute atomic E-state index is 0.113. The molecule has 2 aromatic carbocycles. The fourth-order valence-electron chi connectivity index (χ4n) is 3.56. The van der Waals surface area contributed by atoms with Gasteiger partial charge in [-0.3, -0.25) is 9.69 Å². The van der Waals surface area contributed by atoms with E-state index in [-0.39, 0.29) is 12.6 Å². The fourth-order valence-corrected chi connectivity index (χ4v) is 3.74. The Morgan fingerprint density at radius 3 is 2.71 bits per heavy atom. The van der Waals surface area contributed by atoms with Gasteiger partial charge in [-0.05, 0) is 49.8 Å². The maximum Gasteiger partial charge on any atom is 0.265 e. The monoisotopic (exact) mass is 431 g/mol. The Balaban J connectivity index is 1.49. The zero-order valence-electron chi connectivity index (χ0n) is 16.9. The molecule has 1 aromatic heterocycles. The van der Waals surface area contributed by atoms with Crippen LogP contribution in [0.5, 0.6) is 5.75 Å². The molecule has 31 heavy (non-hydrogen) atoms. The SMILES string of the molecule is Cc1ccc(/C=C/c2onc(C)c2N2CN=C3Oc4ccc(Cl)cc4C=C3C2=O)cc1. The van der Waals surface area contributed by atoms with Crippen molar-refractivity contribution >= 4 is 47.3 Å². The summed E-state index contributed by atoms with van der Waals surface area (Å²) < 4.78 is 11.3. The van der Waals surface area contributed by atoms with E-state index in [1.165, 1.54) is 5.56 Å². The highest BCUT2D eigenvalue weighted by Crippen LogP contribution is 2.35. The number of rotatable bonds is 3. The molecular formula is C24H18ClN3O3. The number of nitrogens with zero attached hydrogens (tertiary/aromatic N) is 3. The van der Waals surface area contributed by atoms with E-state index in [9.17, 15) is 4.79 Å². The first kappa shape index (κ1) is 19.3. The van der Waals surface area contributed by atoms with Gasteiger partial charge in [0.1, 0.15) is 29.4 Å². The number of halogens is 1. The van der Waals surface area contributed by atoms with Gasteiger partial charge in [-0.1, -0.05) is 52.7 Å². The van der Waals surface area contributed by atoms with Crippen molar-refractivity contribution in [1.29, 1.82) is 0 Å². The second-order valence-electron chi connectivity index (χ2n) is 7.40. The summed E-state index contributed by atoms with van der Waals surface area (Å²) in [6.45, 7) is 3.95. The first-order valence-corrected chi connectivity index (χ1v) is 10.1. The van der Waals surface area contributed by atoms with Crippen LogP contribution in [0, 0.1) is 13.8 Å². The smallest absolute Gasteiger partial charge is 0.265 e. The van der Waals surface area contributed by atoms with Crippen LogP contribution in [-0.4, -0.2) is 23.6 Å². The lowest BCUT2D eigenvalue weighted by atomic mass is 10.0. The number of hydrogen-bond acceptors (Lipinski definition) is 5. The average molecular weight is 432 g/mol. The highest BCUT2D eigenvalue weighted by Gasteiger charge is 2.35. The molecule has 0 saturated carbocycles. The lowest BCUT2D eigenvalue weighted by Crippen LogP contribution is -2.41. The van der Waals surface area contributed by atoms with Crippen molar-refractivity contribution in [2.24, 2.45) is 4.99 Å². The lowest BCUT2D eigenvalue weighted by molar-refractivity contribution is -0.114. The van der Waals surface area contributed by atoms with Gasteiger partial charge in [0.2, 0.25) is 5.90 Å². The van der Waals surface area contributed by atoms with Gasteiger partial charge in [-0.15, -0.1) is 0 Å². The van der Waals surface area contributed by atoms with Crippen LogP contribution in [0.1, 0.15) is 28.1 Å². The number of aromatic nitrogens is 1. The maximum absolute atomic E-state index is 13.3. The number of hydrogen-bond donors (Lipinski definition) is 0. The van der Waals surface area contributed by atoms with Gasteiger partial charge in [0.25, 0.3) is 5.91 Å². The van der Waals surface area contributed by atoms with Gasteiger partial charge in [0.05, 0.1) is 0 Å². The zero-order valence-corrected chi connectivity index (χ0v) is 17.7. The summed E-state index contributed by atoms with van der Waals surface area (Å²) in [5.74, 6) is 1.19. The number of carbonyl (C=O) groups excluding carboxylic acids is 1. The van der Waals surface area contributed by atoms with Crippen molar-refractivity contribution in [3.8, 4) is 5.75 Å². The van der Waals surface area contributed by atoms with E-state index in [2.05, 4.69) is 10.1 Å². The predicted octanol–water partition coefficient (Wildman–Crippen LogP) is 5.29. The van der Waals surface area contributed by atoms with E-state index in [1.807, 2.05) is 43.3 Å². The van der Waals surface area contributed by atoms with Gasteiger partial charge in [-0.2, -0.15) is 0 Å². The van der Waals surface area contributed by atoms with Crippen molar-refractivity contribution in [3.63, 3.8) is 0 Å². The van der Waals surface area contributed by atoms with Crippen molar-refractivity contribution in [2.75, 3.05) is 11.6 Å². The zero-order chi connectivity index (χ0) is 21.5. The molecule has 5 rings (SSSR count). The molecule has 3 aromatic rings. The highest BCUT2D eigenvalue weighted by molar-refractivity contribution is 6.32. The average Bonchev–Trinajstić information content (AvgIpc) is 3.13. The molecule has 0 atom stereocenters.